The molecule has 0 saturated heterocycles. The van der Waals surface area contributed by atoms with Crippen LogP contribution < -0.4 is 5.32 Å². The zero-order valence-corrected chi connectivity index (χ0v) is 11.1. The van der Waals surface area contributed by atoms with Crippen molar-refractivity contribution in [2.45, 2.75) is 13.0 Å². The van der Waals surface area contributed by atoms with Gasteiger partial charge < -0.3 is 9.73 Å². The molecule has 0 saturated carbocycles. The highest BCUT2D eigenvalue weighted by molar-refractivity contribution is 7.11. The topological polar surface area (TPSA) is 38.1 Å². The van der Waals surface area contributed by atoms with Crippen LogP contribution in [-0.4, -0.2) is 12.0 Å². The maximum Gasteiger partial charge on any atom is 0.134 e. The van der Waals surface area contributed by atoms with Gasteiger partial charge in [-0.25, -0.2) is 4.98 Å². The lowest BCUT2D eigenvalue weighted by molar-refractivity contribution is 0.495. The molecule has 0 aliphatic carbocycles. The van der Waals surface area contributed by atoms with Crippen molar-refractivity contribution in [2.75, 3.05) is 7.05 Å². The van der Waals surface area contributed by atoms with Gasteiger partial charge in [0.05, 0.1) is 5.01 Å². The SMILES string of the molecule is CNC(c1cc2ccccc2o1)c1cnc(C)s1. The zero-order chi connectivity index (χ0) is 12.5. The molecule has 3 nitrogen and oxygen atoms in total. The number of hydrogen-bond donors (Lipinski definition) is 1. The van der Waals surface area contributed by atoms with E-state index in [0.29, 0.717) is 0 Å². The highest BCUT2D eigenvalue weighted by atomic mass is 32.1. The van der Waals surface area contributed by atoms with Crippen LogP contribution in [0.2, 0.25) is 0 Å². The van der Waals surface area contributed by atoms with E-state index in [1.165, 1.54) is 4.88 Å². The molecule has 0 aliphatic rings. The normalized spacial score (nSPS) is 13.0. The van der Waals surface area contributed by atoms with E-state index in [1.807, 2.05) is 38.4 Å². The van der Waals surface area contributed by atoms with Crippen LogP contribution >= 0.6 is 11.3 Å². The molecule has 92 valence electrons. The summed E-state index contributed by atoms with van der Waals surface area (Å²) in [6.07, 6.45) is 1.91. The summed E-state index contributed by atoms with van der Waals surface area (Å²) in [4.78, 5) is 5.48. The van der Waals surface area contributed by atoms with Crippen molar-refractivity contribution in [3.8, 4) is 0 Å². The van der Waals surface area contributed by atoms with Crippen LogP contribution in [-0.2, 0) is 0 Å². The number of furan rings is 1. The van der Waals surface area contributed by atoms with Gasteiger partial charge in [-0.15, -0.1) is 11.3 Å². The molecule has 1 unspecified atom stereocenters. The second-order valence-corrected chi connectivity index (χ2v) is 5.46. The van der Waals surface area contributed by atoms with Gasteiger partial charge in [-0.3, -0.25) is 0 Å². The molecule has 0 amide bonds. The molecule has 2 aromatic heterocycles. The second-order valence-electron chi connectivity index (χ2n) is 4.19. The predicted molar refractivity (Wildman–Crippen MR) is 74.0 cm³/mol. The third-order valence-electron chi connectivity index (χ3n) is 2.94. The van der Waals surface area contributed by atoms with Crippen molar-refractivity contribution in [1.82, 2.24) is 10.3 Å². The Morgan fingerprint density at radius 1 is 1.33 bits per heavy atom. The van der Waals surface area contributed by atoms with Gasteiger partial charge in [0.1, 0.15) is 17.4 Å². The largest absolute Gasteiger partial charge is 0.459 e. The Hall–Kier alpha value is -1.65. The van der Waals surface area contributed by atoms with Gasteiger partial charge in [-0.1, -0.05) is 18.2 Å². The summed E-state index contributed by atoms with van der Waals surface area (Å²) < 4.78 is 5.90. The van der Waals surface area contributed by atoms with Crippen molar-refractivity contribution in [3.63, 3.8) is 0 Å². The second kappa shape index (κ2) is 4.55. The average Bonchev–Trinajstić information content (AvgIpc) is 2.96. The Bertz CT molecular complexity index is 638. The monoisotopic (exact) mass is 258 g/mol. The molecule has 0 bridgehead atoms. The first-order valence-electron chi connectivity index (χ1n) is 5.86. The van der Waals surface area contributed by atoms with Crippen LogP contribution in [0.3, 0.4) is 0 Å². The van der Waals surface area contributed by atoms with Gasteiger partial charge in [0.15, 0.2) is 0 Å². The summed E-state index contributed by atoms with van der Waals surface area (Å²) in [6.45, 7) is 2.01. The van der Waals surface area contributed by atoms with Crippen LogP contribution in [0.5, 0.6) is 0 Å². The molecule has 0 aliphatic heterocycles. The molecule has 0 spiro atoms. The fourth-order valence-electron chi connectivity index (χ4n) is 2.08. The van der Waals surface area contributed by atoms with E-state index in [9.17, 15) is 0 Å². The summed E-state index contributed by atoms with van der Waals surface area (Å²) in [7, 11) is 1.94. The van der Waals surface area contributed by atoms with Crippen molar-refractivity contribution < 1.29 is 4.42 Å². The van der Waals surface area contributed by atoms with Crippen LogP contribution in [0.25, 0.3) is 11.0 Å². The Labute approximate surface area is 109 Å². The molecule has 1 N–H and O–H groups in total. The van der Waals surface area contributed by atoms with Crippen molar-refractivity contribution >= 4 is 22.3 Å². The fourth-order valence-corrected chi connectivity index (χ4v) is 2.98. The summed E-state index contributed by atoms with van der Waals surface area (Å²) in [5.41, 5.74) is 0.925. The predicted octanol–water partition coefficient (Wildman–Crippen LogP) is 3.51. The molecule has 0 radical (unpaired) electrons. The van der Waals surface area contributed by atoms with E-state index in [-0.39, 0.29) is 6.04 Å². The summed E-state index contributed by atoms with van der Waals surface area (Å²) >= 11 is 1.69. The molecular formula is C14H14N2OS. The highest BCUT2D eigenvalue weighted by Crippen LogP contribution is 2.30. The van der Waals surface area contributed by atoms with Gasteiger partial charge in [0.25, 0.3) is 0 Å². The molecule has 1 atom stereocenters. The lowest BCUT2D eigenvalue weighted by Gasteiger charge is -2.10. The van der Waals surface area contributed by atoms with Gasteiger partial charge in [-0.2, -0.15) is 0 Å². The number of rotatable bonds is 3. The first kappa shape index (κ1) is 11.4. The Balaban J connectivity index is 2.05. The molecule has 2 heterocycles. The first-order chi connectivity index (χ1) is 8.78. The minimum atomic E-state index is 0.0728. The fraction of sp³-hybridized carbons (Fsp3) is 0.214. The van der Waals surface area contributed by atoms with Gasteiger partial charge >= 0.3 is 0 Å². The lowest BCUT2D eigenvalue weighted by Crippen LogP contribution is -2.15. The van der Waals surface area contributed by atoms with Crippen molar-refractivity contribution in [1.29, 1.82) is 0 Å². The van der Waals surface area contributed by atoms with E-state index >= 15 is 0 Å². The molecule has 1 aromatic carbocycles. The number of aromatic nitrogens is 1. The number of aryl methyl sites for hydroxylation is 1. The summed E-state index contributed by atoms with van der Waals surface area (Å²) in [6, 6.07) is 10.2. The molecule has 4 heteroatoms. The van der Waals surface area contributed by atoms with Gasteiger partial charge in [-0.05, 0) is 26.1 Å². The lowest BCUT2D eigenvalue weighted by atomic mass is 10.2. The third kappa shape index (κ3) is 1.94. The Kier molecular flexibility index (Phi) is 2.89. The maximum atomic E-state index is 5.90. The minimum absolute atomic E-state index is 0.0728. The van der Waals surface area contributed by atoms with Gasteiger partial charge in [0.2, 0.25) is 0 Å². The first-order valence-corrected chi connectivity index (χ1v) is 6.67. The highest BCUT2D eigenvalue weighted by Gasteiger charge is 2.18. The van der Waals surface area contributed by atoms with Gasteiger partial charge in [0, 0.05) is 16.5 Å². The number of hydrogen-bond acceptors (Lipinski definition) is 4. The van der Waals surface area contributed by atoms with Crippen LogP contribution in [0.1, 0.15) is 21.7 Å². The van der Waals surface area contributed by atoms with Crippen LogP contribution in [0, 0.1) is 6.92 Å². The van der Waals surface area contributed by atoms with Crippen LogP contribution in [0.15, 0.2) is 40.9 Å². The Morgan fingerprint density at radius 3 is 2.83 bits per heavy atom. The van der Waals surface area contributed by atoms with E-state index in [2.05, 4.69) is 22.4 Å². The van der Waals surface area contributed by atoms with Crippen LogP contribution in [0.4, 0.5) is 0 Å². The van der Waals surface area contributed by atoms with E-state index < -0.39 is 0 Å². The third-order valence-corrected chi connectivity index (χ3v) is 3.92. The smallest absolute Gasteiger partial charge is 0.134 e. The molecular weight excluding hydrogens is 244 g/mol. The van der Waals surface area contributed by atoms with Crippen molar-refractivity contribution in [2.24, 2.45) is 0 Å². The molecule has 0 fully saturated rings. The quantitative estimate of drug-likeness (QED) is 0.781. The zero-order valence-electron chi connectivity index (χ0n) is 10.3. The number of thiazole rings is 1. The number of para-hydroxylation sites is 1. The standard InChI is InChI=1S/C14H14N2OS/c1-9-16-8-13(18-9)14(15-2)12-7-10-5-3-4-6-11(10)17-12/h3-8,14-15H,1-2H3. The number of fused-ring (bicyclic) bond motifs is 1. The summed E-state index contributed by atoms with van der Waals surface area (Å²) in [5, 5.41) is 5.49. The Morgan fingerprint density at radius 2 is 2.17 bits per heavy atom. The van der Waals surface area contributed by atoms with E-state index in [0.717, 1.165) is 21.7 Å². The van der Waals surface area contributed by atoms with E-state index in [4.69, 9.17) is 4.42 Å². The number of benzene rings is 1. The maximum absolute atomic E-state index is 5.90. The molecule has 3 aromatic rings. The van der Waals surface area contributed by atoms with E-state index in [1.54, 1.807) is 11.3 Å². The van der Waals surface area contributed by atoms with Crippen molar-refractivity contribution in [3.05, 3.63) is 52.2 Å². The molecule has 3 rings (SSSR count). The minimum Gasteiger partial charge on any atom is -0.459 e. The number of nitrogens with zero attached hydrogens (tertiary/aromatic N) is 1. The summed E-state index contributed by atoms with van der Waals surface area (Å²) in [5.74, 6) is 0.933. The number of nitrogens with one attached hydrogen (secondary N) is 1. The average molecular weight is 258 g/mol. The molecule has 18 heavy (non-hydrogen) atoms.